The van der Waals surface area contributed by atoms with E-state index in [4.69, 9.17) is 5.14 Å². The summed E-state index contributed by atoms with van der Waals surface area (Å²) < 4.78 is 23.7. The Bertz CT molecular complexity index is 850. The Kier molecular flexibility index (Phi) is 4.64. The predicted molar refractivity (Wildman–Crippen MR) is 87.2 cm³/mol. The summed E-state index contributed by atoms with van der Waals surface area (Å²) in [6.45, 7) is 3.54. The van der Waals surface area contributed by atoms with Gasteiger partial charge in [0, 0.05) is 22.6 Å². The molecule has 0 aliphatic carbocycles. The normalized spacial score (nSPS) is 11.3. The molecule has 1 aromatic heterocycles. The highest BCUT2D eigenvalue weighted by Crippen LogP contribution is 2.24. The molecule has 0 aliphatic heterocycles. The Morgan fingerprint density at radius 2 is 1.91 bits per heavy atom. The van der Waals surface area contributed by atoms with Crippen molar-refractivity contribution >= 4 is 37.5 Å². The number of aryl methyl sites for hydroxylation is 1. The van der Waals surface area contributed by atoms with Gasteiger partial charge in [-0.25, -0.2) is 13.6 Å². The molecule has 2 rings (SSSR count). The van der Waals surface area contributed by atoms with E-state index in [1.54, 1.807) is 26.1 Å². The molecule has 1 amide bonds. The molecular formula is C14H14BrN3O3S. The number of nitrogens with one attached hydrogen (secondary N) is 1. The molecule has 3 N–H and O–H groups in total. The van der Waals surface area contributed by atoms with Crippen molar-refractivity contribution in [2.45, 2.75) is 18.7 Å². The van der Waals surface area contributed by atoms with Crippen LogP contribution in [0.15, 0.2) is 40.0 Å². The number of nitrogens with zero attached hydrogens (tertiary/aromatic N) is 1. The quantitative estimate of drug-likeness (QED) is 0.848. The molecule has 0 aliphatic rings. The van der Waals surface area contributed by atoms with Crippen LogP contribution in [0.4, 0.5) is 5.69 Å². The van der Waals surface area contributed by atoms with Gasteiger partial charge in [-0.15, -0.1) is 0 Å². The zero-order chi connectivity index (χ0) is 16.5. The highest BCUT2D eigenvalue weighted by molar-refractivity contribution is 9.10. The van der Waals surface area contributed by atoms with Crippen LogP contribution in [0.2, 0.25) is 0 Å². The third kappa shape index (κ3) is 3.70. The van der Waals surface area contributed by atoms with Crippen molar-refractivity contribution in [1.82, 2.24) is 4.98 Å². The summed E-state index contributed by atoms with van der Waals surface area (Å²) >= 11 is 3.24. The summed E-state index contributed by atoms with van der Waals surface area (Å²) in [4.78, 5) is 16.1. The van der Waals surface area contributed by atoms with Crippen LogP contribution in [0.25, 0.3) is 0 Å². The molecule has 2 aromatic rings. The fourth-order valence-corrected chi connectivity index (χ4v) is 2.84. The molecule has 0 bridgehead atoms. The molecule has 0 unspecified atom stereocenters. The van der Waals surface area contributed by atoms with Gasteiger partial charge in [0.1, 0.15) is 0 Å². The lowest BCUT2D eigenvalue weighted by Crippen LogP contribution is -2.16. The summed E-state index contributed by atoms with van der Waals surface area (Å²) in [6.07, 6.45) is 2.99. The Hall–Kier alpha value is -1.77. The zero-order valence-corrected chi connectivity index (χ0v) is 14.3. The molecule has 1 heterocycles. The molecule has 0 saturated heterocycles. The van der Waals surface area contributed by atoms with Gasteiger partial charge in [0.05, 0.1) is 10.5 Å². The number of pyridine rings is 1. The number of rotatable bonds is 3. The highest BCUT2D eigenvalue weighted by Gasteiger charge is 2.15. The number of amides is 1. The largest absolute Gasteiger partial charge is 0.322 e. The van der Waals surface area contributed by atoms with Crippen LogP contribution in [0, 0.1) is 13.8 Å². The molecule has 0 saturated carbocycles. The van der Waals surface area contributed by atoms with Crippen molar-refractivity contribution in [3.63, 3.8) is 0 Å². The lowest BCUT2D eigenvalue weighted by Gasteiger charge is -2.12. The molecule has 8 heteroatoms. The third-order valence-corrected chi connectivity index (χ3v) is 4.51. The number of benzene rings is 1. The van der Waals surface area contributed by atoms with Crippen molar-refractivity contribution in [1.29, 1.82) is 0 Å². The van der Waals surface area contributed by atoms with Crippen LogP contribution in [-0.4, -0.2) is 19.3 Å². The van der Waals surface area contributed by atoms with E-state index in [0.717, 1.165) is 5.56 Å². The van der Waals surface area contributed by atoms with Crippen molar-refractivity contribution in [3.05, 3.63) is 51.8 Å². The first kappa shape index (κ1) is 16.6. The lowest BCUT2D eigenvalue weighted by atomic mass is 10.1. The Labute approximate surface area is 136 Å². The van der Waals surface area contributed by atoms with Crippen LogP contribution in [0.5, 0.6) is 0 Å². The van der Waals surface area contributed by atoms with E-state index in [-0.39, 0.29) is 10.8 Å². The smallest absolute Gasteiger partial charge is 0.257 e. The molecule has 1 aromatic carbocycles. The van der Waals surface area contributed by atoms with Crippen molar-refractivity contribution in [3.8, 4) is 0 Å². The highest BCUT2D eigenvalue weighted by atomic mass is 79.9. The van der Waals surface area contributed by atoms with Gasteiger partial charge in [-0.1, -0.05) is 0 Å². The van der Waals surface area contributed by atoms with Gasteiger partial charge in [0.15, 0.2) is 0 Å². The zero-order valence-electron chi connectivity index (χ0n) is 11.9. The van der Waals surface area contributed by atoms with E-state index >= 15 is 0 Å². The van der Waals surface area contributed by atoms with E-state index < -0.39 is 10.0 Å². The number of primary sulfonamides is 1. The van der Waals surface area contributed by atoms with Gasteiger partial charge in [-0.05, 0) is 59.1 Å². The molecular weight excluding hydrogens is 370 g/mol. The number of hydrogen-bond donors (Lipinski definition) is 2. The summed E-state index contributed by atoms with van der Waals surface area (Å²) in [5.41, 5.74) is 2.24. The van der Waals surface area contributed by atoms with Gasteiger partial charge in [0.2, 0.25) is 10.0 Å². The van der Waals surface area contributed by atoms with Gasteiger partial charge in [0.25, 0.3) is 5.91 Å². The maximum absolute atomic E-state index is 12.2. The second kappa shape index (κ2) is 6.15. The monoisotopic (exact) mass is 383 g/mol. The first-order valence-corrected chi connectivity index (χ1v) is 8.58. The van der Waals surface area contributed by atoms with Crippen LogP contribution in [-0.2, 0) is 10.0 Å². The predicted octanol–water partition coefficient (Wildman–Crippen LogP) is 2.36. The van der Waals surface area contributed by atoms with E-state index in [9.17, 15) is 13.2 Å². The van der Waals surface area contributed by atoms with Crippen molar-refractivity contribution in [2.24, 2.45) is 5.14 Å². The number of sulfonamides is 1. The molecule has 0 radical (unpaired) electrons. The molecule has 0 atom stereocenters. The van der Waals surface area contributed by atoms with Crippen molar-refractivity contribution in [2.75, 3.05) is 5.32 Å². The SMILES string of the molecule is Cc1cc(S(N)(=O)=O)cc(NC(=O)c2cncc(Br)c2)c1C. The summed E-state index contributed by atoms with van der Waals surface area (Å²) in [5, 5.41) is 7.84. The maximum Gasteiger partial charge on any atom is 0.257 e. The minimum atomic E-state index is -3.84. The molecule has 22 heavy (non-hydrogen) atoms. The summed E-state index contributed by atoms with van der Waals surface area (Å²) in [6, 6.07) is 4.44. The van der Waals surface area contributed by atoms with Gasteiger partial charge < -0.3 is 5.32 Å². The fraction of sp³-hybridized carbons (Fsp3) is 0.143. The number of carbonyl (C=O) groups is 1. The number of halogens is 1. The minimum absolute atomic E-state index is 0.0433. The maximum atomic E-state index is 12.2. The number of anilines is 1. The molecule has 116 valence electrons. The molecule has 6 nitrogen and oxygen atoms in total. The number of hydrogen-bond acceptors (Lipinski definition) is 4. The second-order valence-electron chi connectivity index (χ2n) is 4.80. The molecule has 0 fully saturated rings. The first-order valence-electron chi connectivity index (χ1n) is 6.24. The second-order valence-corrected chi connectivity index (χ2v) is 7.28. The van der Waals surface area contributed by atoms with E-state index in [2.05, 4.69) is 26.2 Å². The van der Waals surface area contributed by atoms with Gasteiger partial charge in [-0.2, -0.15) is 0 Å². The Morgan fingerprint density at radius 3 is 2.50 bits per heavy atom. The first-order chi connectivity index (χ1) is 10.2. The van der Waals surface area contributed by atoms with E-state index in [0.29, 0.717) is 21.3 Å². The Morgan fingerprint density at radius 1 is 1.23 bits per heavy atom. The summed E-state index contributed by atoms with van der Waals surface area (Å²) in [5.74, 6) is -0.386. The lowest BCUT2D eigenvalue weighted by molar-refractivity contribution is 0.102. The Balaban J connectivity index is 2.41. The van der Waals surface area contributed by atoms with Gasteiger partial charge in [-0.3, -0.25) is 9.78 Å². The van der Waals surface area contributed by atoms with E-state index in [1.807, 2.05) is 0 Å². The van der Waals surface area contributed by atoms with Crippen LogP contribution in [0.1, 0.15) is 21.5 Å². The van der Waals surface area contributed by atoms with E-state index in [1.165, 1.54) is 18.3 Å². The van der Waals surface area contributed by atoms with Crippen LogP contribution >= 0.6 is 15.9 Å². The minimum Gasteiger partial charge on any atom is -0.322 e. The number of nitrogens with two attached hydrogens (primary N) is 1. The fourth-order valence-electron chi connectivity index (χ4n) is 1.85. The average molecular weight is 384 g/mol. The average Bonchev–Trinajstić information content (AvgIpc) is 2.42. The molecule has 0 spiro atoms. The topological polar surface area (TPSA) is 102 Å². The standard InChI is InChI=1S/C14H14BrN3O3S/c1-8-3-12(22(16,20)21)5-13(9(8)2)18-14(19)10-4-11(15)7-17-6-10/h3-7H,1-2H3,(H,18,19)(H2,16,20,21). The number of carbonyl (C=O) groups excluding carboxylic acids is 1. The number of aromatic nitrogens is 1. The van der Waals surface area contributed by atoms with Gasteiger partial charge >= 0.3 is 0 Å². The van der Waals surface area contributed by atoms with Crippen molar-refractivity contribution < 1.29 is 13.2 Å². The van der Waals surface area contributed by atoms with Crippen LogP contribution in [0.3, 0.4) is 0 Å². The van der Waals surface area contributed by atoms with Crippen LogP contribution < -0.4 is 10.5 Å². The summed E-state index contributed by atoms with van der Waals surface area (Å²) in [7, 11) is -3.84. The third-order valence-electron chi connectivity index (χ3n) is 3.18.